The predicted octanol–water partition coefficient (Wildman–Crippen LogP) is 2.35. The maximum absolute atomic E-state index is 13.4. The molecule has 0 saturated carbocycles. The molecule has 8 nitrogen and oxygen atoms in total. The van der Waals surface area contributed by atoms with Crippen molar-refractivity contribution in [3.63, 3.8) is 0 Å². The van der Waals surface area contributed by atoms with Gasteiger partial charge in [-0.25, -0.2) is 4.98 Å². The molecule has 0 spiro atoms. The first-order chi connectivity index (χ1) is 15.1. The second-order valence-electron chi connectivity index (χ2n) is 7.87. The van der Waals surface area contributed by atoms with E-state index in [2.05, 4.69) is 20.3 Å². The van der Waals surface area contributed by atoms with E-state index in [4.69, 9.17) is 0 Å². The third kappa shape index (κ3) is 4.33. The number of nitrogens with one attached hydrogen (secondary N) is 1. The maximum Gasteiger partial charge on any atom is 0.256 e. The molecule has 0 aromatic carbocycles. The Morgan fingerprint density at radius 1 is 1.16 bits per heavy atom. The highest BCUT2D eigenvalue weighted by Gasteiger charge is 2.39. The number of pyridine rings is 2. The van der Waals surface area contributed by atoms with Gasteiger partial charge in [0.05, 0.1) is 23.3 Å². The van der Waals surface area contributed by atoms with Gasteiger partial charge >= 0.3 is 0 Å². The van der Waals surface area contributed by atoms with Crippen LogP contribution in [0, 0.1) is 0 Å². The Balaban J connectivity index is 1.61. The minimum Gasteiger partial charge on any atom is -0.354 e. The summed E-state index contributed by atoms with van der Waals surface area (Å²) in [6.45, 7) is 4.97. The highest BCUT2D eigenvalue weighted by molar-refractivity contribution is 5.98. The molecule has 1 aliphatic rings. The van der Waals surface area contributed by atoms with Gasteiger partial charge in [0.2, 0.25) is 5.91 Å². The molecule has 0 saturated heterocycles. The van der Waals surface area contributed by atoms with Crippen molar-refractivity contribution in [1.82, 2.24) is 29.7 Å². The summed E-state index contributed by atoms with van der Waals surface area (Å²) in [4.78, 5) is 41.0. The molecule has 31 heavy (non-hydrogen) atoms. The van der Waals surface area contributed by atoms with Crippen molar-refractivity contribution in [3.8, 4) is 0 Å². The quantitative estimate of drug-likeness (QED) is 0.663. The number of fused-ring (bicyclic) bond motifs is 1. The fourth-order valence-corrected chi connectivity index (χ4v) is 3.93. The number of imidazole rings is 1. The van der Waals surface area contributed by atoms with Crippen LogP contribution in [0.4, 0.5) is 0 Å². The van der Waals surface area contributed by atoms with E-state index in [1.165, 1.54) is 6.20 Å². The second-order valence-corrected chi connectivity index (χ2v) is 7.87. The van der Waals surface area contributed by atoms with E-state index in [1.807, 2.05) is 30.5 Å². The van der Waals surface area contributed by atoms with Crippen molar-refractivity contribution in [2.24, 2.45) is 0 Å². The summed E-state index contributed by atoms with van der Waals surface area (Å²) in [7, 11) is 0. The van der Waals surface area contributed by atoms with Gasteiger partial charge in [0.15, 0.2) is 6.04 Å². The number of nitrogens with zero attached hydrogens (tertiary/aromatic N) is 5. The maximum atomic E-state index is 13.4. The van der Waals surface area contributed by atoms with Gasteiger partial charge in [-0.2, -0.15) is 0 Å². The Labute approximate surface area is 181 Å². The van der Waals surface area contributed by atoms with E-state index in [0.717, 1.165) is 17.0 Å². The van der Waals surface area contributed by atoms with Crippen LogP contribution in [-0.2, 0) is 17.6 Å². The number of aromatic nitrogens is 4. The first-order valence-electron chi connectivity index (χ1n) is 10.5. The lowest BCUT2D eigenvalue weighted by atomic mass is 9.99. The highest BCUT2D eigenvalue weighted by Crippen LogP contribution is 2.32. The van der Waals surface area contributed by atoms with Gasteiger partial charge in [-0.05, 0) is 44.0 Å². The predicted molar refractivity (Wildman–Crippen MR) is 115 cm³/mol. The van der Waals surface area contributed by atoms with Crippen molar-refractivity contribution in [1.29, 1.82) is 0 Å². The lowest BCUT2D eigenvalue weighted by molar-refractivity contribution is -0.126. The Hall–Kier alpha value is -3.55. The van der Waals surface area contributed by atoms with Crippen molar-refractivity contribution in [3.05, 3.63) is 77.9 Å². The Kier molecular flexibility index (Phi) is 6.06. The number of hydrogen-bond acceptors (Lipinski definition) is 5. The molecule has 1 unspecified atom stereocenters. The van der Waals surface area contributed by atoms with Crippen LogP contribution < -0.4 is 5.32 Å². The smallest absolute Gasteiger partial charge is 0.256 e. The molecular formula is C23H26N6O2. The molecule has 8 heteroatoms. The summed E-state index contributed by atoms with van der Waals surface area (Å²) in [5, 5.41) is 3.02. The summed E-state index contributed by atoms with van der Waals surface area (Å²) >= 11 is 0. The van der Waals surface area contributed by atoms with Gasteiger partial charge < -0.3 is 14.8 Å². The minimum atomic E-state index is -0.741. The van der Waals surface area contributed by atoms with E-state index in [-0.39, 0.29) is 17.9 Å². The standard InChI is InChI=1S/C23H26N6O2/c1-16(2)29-15-27-19-8-12-28(23(31)18-6-4-10-25-14-18)21(20(19)29)22(30)26-11-7-17-5-3-9-24-13-17/h3-6,9-10,13-16,21H,7-8,11-12H2,1-2H3,(H,26,30). The number of carbonyl (C=O) groups excluding carboxylic acids is 2. The van der Waals surface area contributed by atoms with E-state index >= 15 is 0 Å². The Bertz CT molecular complexity index is 1050. The molecular weight excluding hydrogens is 392 g/mol. The van der Waals surface area contributed by atoms with Crippen molar-refractivity contribution < 1.29 is 9.59 Å². The van der Waals surface area contributed by atoms with Gasteiger partial charge in [-0.15, -0.1) is 0 Å². The Morgan fingerprint density at radius 3 is 2.61 bits per heavy atom. The van der Waals surface area contributed by atoms with Crippen molar-refractivity contribution in [2.45, 2.75) is 38.8 Å². The van der Waals surface area contributed by atoms with E-state index in [1.54, 1.807) is 42.0 Å². The molecule has 4 heterocycles. The molecule has 2 amide bonds. The molecule has 3 aromatic heterocycles. The molecule has 4 rings (SSSR count). The van der Waals surface area contributed by atoms with Gasteiger partial charge in [-0.1, -0.05) is 6.07 Å². The van der Waals surface area contributed by atoms with Gasteiger partial charge in [0.25, 0.3) is 5.91 Å². The van der Waals surface area contributed by atoms with Crippen LogP contribution in [-0.4, -0.2) is 49.3 Å². The molecule has 160 valence electrons. The number of carbonyl (C=O) groups is 2. The first kappa shape index (κ1) is 20.7. The average molecular weight is 419 g/mol. The van der Waals surface area contributed by atoms with Crippen molar-refractivity contribution in [2.75, 3.05) is 13.1 Å². The fourth-order valence-electron chi connectivity index (χ4n) is 3.93. The highest BCUT2D eigenvalue weighted by atomic mass is 16.2. The van der Waals surface area contributed by atoms with Crippen LogP contribution in [0.2, 0.25) is 0 Å². The molecule has 0 aliphatic carbocycles. The summed E-state index contributed by atoms with van der Waals surface area (Å²) in [6, 6.07) is 6.68. The second kappa shape index (κ2) is 9.07. The van der Waals surface area contributed by atoms with Gasteiger partial charge in [0.1, 0.15) is 0 Å². The van der Waals surface area contributed by atoms with Crippen molar-refractivity contribution >= 4 is 11.8 Å². The number of hydrogen-bond donors (Lipinski definition) is 1. The molecule has 0 bridgehead atoms. The monoisotopic (exact) mass is 418 g/mol. The topological polar surface area (TPSA) is 93.0 Å². The molecule has 3 aromatic rings. The molecule has 0 fully saturated rings. The van der Waals surface area contributed by atoms with Crippen LogP contribution in [0.5, 0.6) is 0 Å². The van der Waals surface area contributed by atoms with Gasteiger partial charge in [-0.3, -0.25) is 19.6 Å². The molecule has 0 radical (unpaired) electrons. The van der Waals surface area contributed by atoms with E-state index < -0.39 is 6.04 Å². The van der Waals surface area contributed by atoms with Crippen LogP contribution in [0.15, 0.2) is 55.4 Å². The van der Waals surface area contributed by atoms with Gasteiger partial charge in [0, 0.05) is 50.3 Å². The van der Waals surface area contributed by atoms with Crippen LogP contribution in [0.3, 0.4) is 0 Å². The summed E-state index contributed by atoms with van der Waals surface area (Å²) in [5.74, 6) is -0.410. The molecule has 1 aliphatic heterocycles. The zero-order valence-corrected chi connectivity index (χ0v) is 17.7. The average Bonchev–Trinajstić information content (AvgIpc) is 3.23. The third-order valence-electron chi connectivity index (χ3n) is 5.48. The normalized spacial score (nSPS) is 15.6. The third-order valence-corrected chi connectivity index (χ3v) is 5.48. The van der Waals surface area contributed by atoms with Crippen LogP contribution in [0.25, 0.3) is 0 Å². The van der Waals surface area contributed by atoms with Crippen LogP contribution in [0.1, 0.15) is 53.2 Å². The minimum absolute atomic E-state index is 0.121. The number of amides is 2. The molecule has 1 N–H and O–H groups in total. The zero-order chi connectivity index (χ0) is 21.8. The SMILES string of the molecule is CC(C)n1cnc2c1C(C(=O)NCCc1cccnc1)N(C(=O)c1cccnc1)CC2. The van der Waals surface area contributed by atoms with E-state index in [0.29, 0.717) is 31.5 Å². The lowest BCUT2D eigenvalue weighted by Crippen LogP contribution is -2.48. The fraction of sp³-hybridized carbons (Fsp3) is 0.348. The summed E-state index contributed by atoms with van der Waals surface area (Å²) < 4.78 is 1.99. The lowest BCUT2D eigenvalue weighted by Gasteiger charge is -2.36. The van der Waals surface area contributed by atoms with E-state index in [9.17, 15) is 9.59 Å². The summed E-state index contributed by atoms with van der Waals surface area (Å²) in [5.41, 5.74) is 3.17. The first-order valence-corrected chi connectivity index (χ1v) is 10.5. The zero-order valence-electron chi connectivity index (χ0n) is 17.7. The number of rotatable bonds is 6. The Morgan fingerprint density at radius 2 is 1.94 bits per heavy atom. The van der Waals surface area contributed by atoms with Crippen LogP contribution >= 0.6 is 0 Å². The molecule has 1 atom stereocenters. The summed E-state index contributed by atoms with van der Waals surface area (Å²) in [6.07, 6.45) is 9.72. The largest absolute Gasteiger partial charge is 0.354 e.